The van der Waals surface area contributed by atoms with Gasteiger partial charge in [0.1, 0.15) is 0 Å². The van der Waals surface area contributed by atoms with Crippen LogP contribution in [0.1, 0.15) is 15.3 Å². The first-order valence-electron chi connectivity index (χ1n) is 5.80. The smallest absolute Gasteiger partial charge is 0.0693 e. The summed E-state index contributed by atoms with van der Waals surface area (Å²) in [4.78, 5) is 5.42. The van der Waals surface area contributed by atoms with Crippen molar-refractivity contribution in [1.82, 2.24) is 0 Å². The summed E-state index contributed by atoms with van der Waals surface area (Å²) in [5.74, 6) is 0. The van der Waals surface area contributed by atoms with E-state index >= 15 is 0 Å². The molecular formula is C13H12N2S3. The van der Waals surface area contributed by atoms with E-state index in [2.05, 4.69) is 25.2 Å². The van der Waals surface area contributed by atoms with Crippen LogP contribution in [-0.2, 0) is 6.54 Å². The van der Waals surface area contributed by atoms with Crippen LogP contribution < -0.4 is 11.1 Å². The molecule has 0 radical (unpaired) electrons. The highest BCUT2D eigenvalue weighted by Gasteiger charge is 2.25. The number of anilines is 2. The van der Waals surface area contributed by atoms with Crippen molar-refractivity contribution in [3.8, 4) is 9.75 Å². The van der Waals surface area contributed by atoms with Crippen molar-refractivity contribution in [1.29, 1.82) is 0 Å². The van der Waals surface area contributed by atoms with E-state index in [4.69, 9.17) is 5.73 Å². The van der Waals surface area contributed by atoms with Crippen LogP contribution in [0.5, 0.6) is 0 Å². The molecule has 3 aromatic heterocycles. The van der Waals surface area contributed by atoms with E-state index in [-0.39, 0.29) is 0 Å². The monoisotopic (exact) mass is 292 g/mol. The molecule has 18 heavy (non-hydrogen) atoms. The molecule has 0 saturated carbocycles. The summed E-state index contributed by atoms with van der Waals surface area (Å²) in [6, 6.07) is 2.24. The number of nitrogen functional groups attached to an aromatic ring is 1. The highest BCUT2D eigenvalue weighted by molar-refractivity contribution is 7.32. The van der Waals surface area contributed by atoms with Crippen molar-refractivity contribution < 1.29 is 0 Å². The molecule has 3 aromatic rings. The van der Waals surface area contributed by atoms with Crippen LogP contribution in [0.4, 0.5) is 11.4 Å². The summed E-state index contributed by atoms with van der Waals surface area (Å²) in [6.45, 7) is 5.20. The van der Waals surface area contributed by atoms with Crippen molar-refractivity contribution in [2.45, 2.75) is 20.4 Å². The summed E-state index contributed by atoms with van der Waals surface area (Å²) in [5, 5.41) is 3.53. The molecule has 5 heteroatoms. The van der Waals surface area contributed by atoms with Crippen LogP contribution in [-0.4, -0.2) is 0 Å². The van der Waals surface area contributed by atoms with Gasteiger partial charge in [-0.05, 0) is 19.9 Å². The molecule has 0 amide bonds. The van der Waals surface area contributed by atoms with Crippen LogP contribution in [0.2, 0.25) is 0 Å². The van der Waals surface area contributed by atoms with Crippen molar-refractivity contribution >= 4 is 54.8 Å². The van der Waals surface area contributed by atoms with Gasteiger partial charge in [-0.25, -0.2) is 0 Å². The largest absolute Gasteiger partial charge is 0.397 e. The topological polar surface area (TPSA) is 38.0 Å². The molecule has 3 N–H and O–H groups in total. The highest BCUT2D eigenvalue weighted by Crippen LogP contribution is 2.52. The predicted molar refractivity (Wildman–Crippen MR) is 84.2 cm³/mol. The SMILES string of the molecule is Cc1cc2c(s1)-c1sc3c(N)c(C)sc3c1CN2. The minimum absolute atomic E-state index is 0.928. The lowest BCUT2D eigenvalue weighted by atomic mass is 10.1. The third-order valence-electron chi connectivity index (χ3n) is 3.35. The molecule has 0 atom stereocenters. The molecule has 2 nitrogen and oxygen atoms in total. The fourth-order valence-electron chi connectivity index (χ4n) is 2.45. The number of hydrogen-bond donors (Lipinski definition) is 2. The molecule has 0 saturated heterocycles. The Balaban J connectivity index is 2.08. The third-order valence-corrected chi connectivity index (χ3v) is 7.14. The molecule has 4 heterocycles. The summed E-state index contributed by atoms with van der Waals surface area (Å²) < 4.78 is 2.66. The highest BCUT2D eigenvalue weighted by atomic mass is 32.1. The number of rotatable bonds is 0. The zero-order valence-corrected chi connectivity index (χ0v) is 12.5. The van der Waals surface area contributed by atoms with Gasteiger partial charge in [-0.2, -0.15) is 0 Å². The van der Waals surface area contributed by atoms with Crippen molar-refractivity contribution in [3.63, 3.8) is 0 Å². The molecule has 0 aromatic carbocycles. The molecule has 1 aliphatic heterocycles. The van der Waals surface area contributed by atoms with Gasteiger partial charge in [-0.15, -0.1) is 34.0 Å². The maximum Gasteiger partial charge on any atom is 0.0693 e. The average Bonchev–Trinajstić information content (AvgIpc) is 2.94. The van der Waals surface area contributed by atoms with Crippen molar-refractivity contribution in [2.24, 2.45) is 0 Å². The van der Waals surface area contributed by atoms with E-state index in [1.807, 2.05) is 34.0 Å². The minimum atomic E-state index is 0.928. The van der Waals surface area contributed by atoms with E-state index in [1.54, 1.807) is 0 Å². The maximum absolute atomic E-state index is 6.18. The molecule has 0 bridgehead atoms. The van der Waals surface area contributed by atoms with E-state index in [9.17, 15) is 0 Å². The second-order valence-electron chi connectivity index (χ2n) is 4.59. The van der Waals surface area contributed by atoms with E-state index in [1.165, 1.54) is 40.2 Å². The minimum Gasteiger partial charge on any atom is -0.397 e. The Morgan fingerprint density at radius 2 is 1.94 bits per heavy atom. The van der Waals surface area contributed by atoms with Crippen LogP contribution in [0.25, 0.3) is 19.2 Å². The Kier molecular flexibility index (Phi) is 2.11. The number of nitrogens with one attached hydrogen (secondary N) is 1. The quantitative estimate of drug-likeness (QED) is 0.623. The Hall–Kier alpha value is -1.04. The molecule has 92 valence electrons. The van der Waals surface area contributed by atoms with Gasteiger partial charge in [-0.3, -0.25) is 0 Å². The molecule has 0 spiro atoms. The van der Waals surface area contributed by atoms with Crippen molar-refractivity contribution in [2.75, 3.05) is 11.1 Å². The summed E-state index contributed by atoms with van der Waals surface area (Å²) >= 11 is 5.56. The van der Waals surface area contributed by atoms with Gasteiger partial charge in [0.2, 0.25) is 0 Å². The van der Waals surface area contributed by atoms with Crippen LogP contribution >= 0.6 is 34.0 Å². The number of thiophene rings is 3. The zero-order chi connectivity index (χ0) is 12.4. The lowest BCUT2D eigenvalue weighted by Crippen LogP contribution is -2.03. The van der Waals surface area contributed by atoms with E-state index < -0.39 is 0 Å². The average molecular weight is 292 g/mol. The maximum atomic E-state index is 6.18. The van der Waals surface area contributed by atoms with Gasteiger partial charge in [-0.1, -0.05) is 0 Å². The molecule has 0 aliphatic carbocycles. The van der Waals surface area contributed by atoms with Gasteiger partial charge in [0.25, 0.3) is 0 Å². The van der Waals surface area contributed by atoms with Crippen LogP contribution in [0.15, 0.2) is 6.07 Å². The summed E-state index contributed by atoms with van der Waals surface area (Å²) in [6.07, 6.45) is 0. The first-order chi connectivity index (χ1) is 8.65. The molecule has 0 fully saturated rings. The lowest BCUT2D eigenvalue weighted by Gasteiger charge is -2.14. The number of nitrogens with two attached hydrogens (primary N) is 1. The summed E-state index contributed by atoms with van der Waals surface area (Å²) in [5.41, 5.74) is 9.88. The number of aryl methyl sites for hydroxylation is 2. The normalized spacial score (nSPS) is 13.4. The Bertz CT molecular complexity index is 776. The van der Waals surface area contributed by atoms with E-state index in [0.29, 0.717) is 0 Å². The van der Waals surface area contributed by atoms with Gasteiger partial charge in [0, 0.05) is 21.9 Å². The lowest BCUT2D eigenvalue weighted by molar-refractivity contribution is 1.17. The standard InChI is InChI=1S/C13H12N2S3/c1-5-3-8-12(16-5)10-7(4-15-8)11-13(18-10)9(14)6(2)17-11/h3,15H,4,14H2,1-2H3. The van der Waals surface area contributed by atoms with Crippen molar-refractivity contribution in [3.05, 3.63) is 21.4 Å². The van der Waals surface area contributed by atoms with Gasteiger partial charge >= 0.3 is 0 Å². The number of hydrogen-bond acceptors (Lipinski definition) is 5. The fourth-order valence-corrected chi connectivity index (χ4v) is 6.23. The van der Waals surface area contributed by atoms with Crippen LogP contribution in [0, 0.1) is 13.8 Å². The molecular weight excluding hydrogens is 280 g/mol. The van der Waals surface area contributed by atoms with Crippen LogP contribution in [0.3, 0.4) is 0 Å². The third kappa shape index (κ3) is 1.27. The van der Waals surface area contributed by atoms with E-state index in [0.717, 1.165) is 12.2 Å². The first-order valence-corrected chi connectivity index (χ1v) is 8.25. The molecule has 0 unspecified atom stereocenters. The van der Waals surface area contributed by atoms with Gasteiger partial charge in [0.15, 0.2) is 0 Å². The predicted octanol–water partition coefficient (Wildman–Crippen LogP) is 4.82. The molecule has 1 aliphatic rings. The second kappa shape index (κ2) is 3.50. The molecule has 4 rings (SSSR count). The summed E-state index contributed by atoms with van der Waals surface area (Å²) in [7, 11) is 0. The zero-order valence-electron chi connectivity index (χ0n) is 10.1. The Labute approximate surface area is 117 Å². The number of fused-ring (bicyclic) bond motifs is 5. The second-order valence-corrected chi connectivity index (χ2v) is 8.10. The van der Waals surface area contributed by atoms with Gasteiger partial charge in [0.05, 0.1) is 30.5 Å². The first kappa shape index (κ1) is 10.8. The fraction of sp³-hybridized carbons (Fsp3) is 0.231. The Morgan fingerprint density at radius 1 is 1.11 bits per heavy atom. The van der Waals surface area contributed by atoms with Gasteiger partial charge < -0.3 is 11.1 Å². The Morgan fingerprint density at radius 3 is 2.78 bits per heavy atom.